The van der Waals surface area contributed by atoms with Gasteiger partial charge in [-0.1, -0.05) is 0 Å². The molecule has 2 aromatic rings. The molecule has 0 aromatic carbocycles. The van der Waals surface area contributed by atoms with Crippen LogP contribution in [-0.4, -0.2) is 20.9 Å². The van der Waals surface area contributed by atoms with Crippen LogP contribution in [0.25, 0.3) is 11.3 Å². The van der Waals surface area contributed by atoms with Crippen LogP contribution < -0.4 is 16.9 Å². The first-order chi connectivity index (χ1) is 8.08. The van der Waals surface area contributed by atoms with Crippen LogP contribution >= 0.6 is 0 Å². The highest BCUT2D eigenvalue weighted by atomic mass is 16.2. The number of carbonyl (C=O) groups is 1. The number of nitrogens with one attached hydrogen (secondary N) is 2. The third-order valence-corrected chi connectivity index (χ3v) is 2.13. The van der Waals surface area contributed by atoms with Crippen LogP contribution in [0.5, 0.6) is 0 Å². The van der Waals surface area contributed by atoms with Crippen LogP contribution in [0.3, 0.4) is 0 Å². The number of carbonyl (C=O) groups excluding carboxylic acids is 1. The summed E-state index contributed by atoms with van der Waals surface area (Å²) in [5, 5.41) is 0. The third kappa shape index (κ3) is 2.12. The highest BCUT2D eigenvalue weighted by Crippen LogP contribution is 2.12. The van der Waals surface area contributed by atoms with Crippen molar-refractivity contribution >= 4 is 5.91 Å². The van der Waals surface area contributed by atoms with Crippen molar-refractivity contribution in [2.75, 3.05) is 0 Å². The number of H-pyrrole nitrogens is 2. The number of primary amides is 1. The maximum atomic E-state index is 11.3. The van der Waals surface area contributed by atoms with Gasteiger partial charge in [0, 0.05) is 11.8 Å². The van der Waals surface area contributed by atoms with Crippen molar-refractivity contribution in [1.82, 2.24) is 15.0 Å². The number of hydrogen-bond donors (Lipinski definition) is 3. The SMILES string of the molecule is NC(=O)c1cc(-c2cncc(=O)[nH]2)c[nH]c1=O. The largest absolute Gasteiger partial charge is 0.365 e. The number of aromatic nitrogens is 3. The van der Waals surface area contributed by atoms with Crippen LogP contribution in [0, 0.1) is 0 Å². The summed E-state index contributed by atoms with van der Waals surface area (Å²) in [6.07, 6.45) is 3.88. The molecule has 0 spiro atoms. The molecule has 7 nitrogen and oxygen atoms in total. The Morgan fingerprint density at radius 3 is 2.71 bits per heavy atom. The minimum atomic E-state index is -0.834. The van der Waals surface area contributed by atoms with E-state index in [4.69, 9.17) is 5.73 Å². The predicted molar refractivity (Wildman–Crippen MR) is 59.4 cm³/mol. The smallest absolute Gasteiger partial charge is 0.266 e. The zero-order valence-corrected chi connectivity index (χ0v) is 8.56. The molecule has 4 N–H and O–H groups in total. The van der Waals surface area contributed by atoms with Crippen molar-refractivity contribution in [3.05, 3.63) is 50.9 Å². The van der Waals surface area contributed by atoms with Crippen LogP contribution in [0.4, 0.5) is 0 Å². The molecule has 0 radical (unpaired) electrons. The lowest BCUT2D eigenvalue weighted by atomic mass is 10.1. The van der Waals surface area contributed by atoms with E-state index < -0.39 is 11.5 Å². The molecule has 0 atom stereocenters. The normalized spacial score (nSPS) is 10.1. The molecule has 0 saturated carbocycles. The Hall–Kier alpha value is -2.70. The minimum absolute atomic E-state index is 0.174. The van der Waals surface area contributed by atoms with Gasteiger partial charge in [-0.15, -0.1) is 0 Å². The maximum Gasteiger partial charge on any atom is 0.266 e. The standard InChI is InChI=1S/C10H8N4O3/c11-9(16)6-1-5(2-13-10(6)17)7-3-12-4-8(15)14-7/h1-4H,(H2,11,16)(H,13,17)(H,14,15). The Morgan fingerprint density at radius 2 is 2.06 bits per heavy atom. The van der Waals surface area contributed by atoms with Crippen molar-refractivity contribution in [2.45, 2.75) is 0 Å². The summed E-state index contributed by atoms with van der Waals surface area (Å²) in [6, 6.07) is 1.30. The molecule has 0 aliphatic carbocycles. The van der Waals surface area contributed by atoms with Crippen LogP contribution in [0.1, 0.15) is 10.4 Å². The first kappa shape index (κ1) is 10.8. The van der Waals surface area contributed by atoms with E-state index >= 15 is 0 Å². The molecule has 2 aromatic heterocycles. The lowest BCUT2D eigenvalue weighted by molar-refractivity contribution is 0.0999. The van der Waals surface area contributed by atoms with Crippen LogP contribution in [0.15, 0.2) is 34.2 Å². The zero-order chi connectivity index (χ0) is 12.4. The second kappa shape index (κ2) is 4.05. The molecule has 0 unspecified atom stereocenters. The Morgan fingerprint density at radius 1 is 1.29 bits per heavy atom. The van der Waals surface area contributed by atoms with E-state index in [-0.39, 0.29) is 11.1 Å². The lowest BCUT2D eigenvalue weighted by Crippen LogP contribution is -2.23. The molecule has 17 heavy (non-hydrogen) atoms. The summed E-state index contributed by atoms with van der Waals surface area (Å²) in [4.78, 5) is 41.9. The van der Waals surface area contributed by atoms with E-state index in [9.17, 15) is 14.4 Å². The minimum Gasteiger partial charge on any atom is -0.365 e. The van der Waals surface area contributed by atoms with Crippen LogP contribution in [0.2, 0.25) is 0 Å². The first-order valence-electron chi connectivity index (χ1n) is 4.65. The van der Waals surface area contributed by atoms with Crippen molar-refractivity contribution in [3.63, 3.8) is 0 Å². The molecule has 2 heterocycles. The summed E-state index contributed by atoms with van der Waals surface area (Å²) < 4.78 is 0. The van der Waals surface area contributed by atoms with Gasteiger partial charge >= 0.3 is 0 Å². The molecule has 7 heteroatoms. The molecule has 0 saturated heterocycles. The maximum absolute atomic E-state index is 11.3. The molecule has 0 bridgehead atoms. The van der Waals surface area contributed by atoms with Gasteiger partial charge in [-0.2, -0.15) is 0 Å². The van der Waals surface area contributed by atoms with Gasteiger partial charge < -0.3 is 15.7 Å². The Kier molecular flexibility index (Phi) is 2.57. The van der Waals surface area contributed by atoms with Gasteiger partial charge in [-0.25, -0.2) is 0 Å². The molecule has 1 amide bonds. The summed E-state index contributed by atoms with van der Waals surface area (Å²) >= 11 is 0. The quantitative estimate of drug-likeness (QED) is 0.628. The summed E-state index contributed by atoms with van der Waals surface area (Å²) in [6.45, 7) is 0. The number of rotatable bonds is 2. The monoisotopic (exact) mass is 232 g/mol. The van der Waals surface area contributed by atoms with E-state index in [0.717, 1.165) is 6.20 Å². The van der Waals surface area contributed by atoms with Gasteiger partial charge in [0.2, 0.25) is 0 Å². The fourth-order valence-corrected chi connectivity index (χ4v) is 1.35. The number of aromatic amines is 2. The molecule has 86 valence electrons. The number of nitrogens with two attached hydrogens (primary N) is 1. The molecule has 0 aliphatic heterocycles. The van der Waals surface area contributed by atoms with Gasteiger partial charge in [-0.3, -0.25) is 19.4 Å². The second-order valence-electron chi connectivity index (χ2n) is 3.31. The second-order valence-corrected chi connectivity index (χ2v) is 3.31. The highest BCUT2D eigenvalue weighted by molar-refractivity contribution is 5.93. The Labute approximate surface area is 94.3 Å². The Balaban J connectivity index is 2.62. The van der Waals surface area contributed by atoms with E-state index in [2.05, 4.69) is 15.0 Å². The summed E-state index contributed by atoms with van der Waals surface area (Å²) in [5.74, 6) is -0.834. The molecular weight excluding hydrogens is 224 g/mol. The van der Waals surface area contributed by atoms with Gasteiger partial charge in [0.15, 0.2) is 0 Å². The van der Waals surface area contributed by atoms with Gasteiger partial charge in [0.1, 0.15) is 5.56 Å². The highest BCUT2D eigenvalue weighted by Gasteiger charge is 2.08. The van der Waals surface area contributed by atoms with Gasteiger partial charge in [0.25, 0.3) is 17.0 Å². The average molecular weight is 232 g/mol. The van der Waals surface area contributed by atoms with Gasteiger partial charge in [0.05, 0.1) is 18.1 Å². The van der Waals surface area contributed by atoms with Crippen molar-refractivity contribution < 1.29 is 4.79 Å². The van der Waals surface area contributed by atoms with E-state index in [1.54, 1.807) is 0 Å². The number of pyridine rings is 1. The molecule has 2 rings (SSSR count). The number of hydrogen-bond acceptors (Lipinski definition) is 4. The van der Waals surface area contributed by atoms with Crippen molar-refractivity contribution in [2.24, 2.45) is 5.73 Å². The van der Waals surface area contributed by atoms with Gasteiger partial charge in [-0.05, 0) is 6.07 Å². The number of amides is 1. The van der Waals surface area contributed by atoms with E-state index in [1.807, 2.05) is 0 Å². The van der Waals surface area contributed by atoms with Crippen molar-refractivity contribution in [1.29, 1.82) is 0 Å². The zero-order valence-electron chi connectivity index (χ0n) is 8.56. The summed E-state index contributed by atoms with van der Waals surface area (Å²) in [7, 11) is 0. The summed E-state index contributed by atoms with van der Waals surface area (Å²) in [5.41, 5.74) is 4.75. The van der Waals surface area contributed by atoms with Crippen molar-refractivity contribution in [3.8, 4) is 11.3 Å². The fraction of sp³-hybridized carbons (Fsp3) is 0. The fourth-order valence-electron chi connectivity index (χ4n) is 1.35. The molecule has 0 aliphatic rings. The average Bonchev–Trinajstić information content (AvgIpc) is 2.29. The topological polar surface area (TPSA) is 122 Å². The first-order valence-corrected chi connectivity index (χ1v) is 4.65. The predicted octanol–water partition coefficient (Wildman–Crippen LogP) is -0.776. The lowest BCUT2D eigenvalue weighted by Gasteiger charge is -2.01. The molecular formula is C10H8N4O3. The van der Waals surface area contributed by atoms with E-state index in [0.29, 0.717) is 11.3 Å². The number of nitrogens with zero attached hydrogens (tertiary/aromatic N) is 1. The van der Waals surface area contributed by atoms with Crippen LogP contribution in [-0.2, 0) is 0 Å². The Bertz CT molecular complexity index is 686. The third-order valence-electron chi connectivity index (χ3n) is 2.13. The molecule has 0 fully saturated rings. The van der Waals surface area contributed by atoms with E-state index in [1.165, 1.54) is 18.5 Å².